The normalized spacial score (nSPS) is 17.6. The van der Waals surface area contributed by atoms with Gasteiger partial charge in [0.25, 0.3) is 0 Å². The average Bonchev–Trinajstić information content (AvgIpc) is 3.19. The van der Waals surface area contributed by atoms with Gasteiger partial charge >= 0.3 is 0 Å². The molecule has 0 spiro atoms. The van der Waals surface area contributed by atoms with Crippen molar-refractivity contribution in [3.05, 3.63) is 15.8 Å². The Morgan fingerprint density at radius 3 is 2.74 bits per heavy atom. The number of nitrogens with one attached hydrogen (secondary N) is 2. The van der Waals surface area contributed by atoms with Gasteiger partial charge in [0.15, 0.2) is 5.96 Å². The summed E-state index contributed by atoms with van der Waals surface area (Å²) in [6, 6.07) is 1.72. The number of thiophene rings is 1. The van der Waals surface area contributed by atoms with Crippen molar-refractivity contribution in [1.82, 2.24) is 14.9 Å². The van der Waals surface area contributed by atoms with E-state index in [1.165, 1.54) is 11.3 Å². The molecule has 1 aliphatic heterocycles. The number of nitrogens with zero attached hydrogens (tertiary/aromatic N) is 2. The highest BCUT2D eigenvalue weighted by molar-refractivity contribution is 14.0. The number of sulfonamides is 1. The van der Waals surface area contributed by atoms with Gasteiger partial charge in [-0.15, -0.1) is 35.3 Å². The fourth-order valence-electron chi connectivity index (χ4n) is 2.96. The molecule has 7 nitrogen and oxygen atoms in total. The molecule has 1 saturated heterocycles. The Labute approximate surface area is 184 Å². The van der Waals surface area contributed by atoms with Gasteiger partial charge in [-0.05, 0) is 33.3 Å². The van der Waals surface area contributed by atoms with E-state index in [9.17, 15) is 8.42 Å². The zero-order valence-electron chi connectivity index (χ0n) is 16.4. The second-order valence-electron chi connectivity index (χ2n) is 6.52. The Hall–Kier alpha value is -0.430. The van der Waals surface area contributed by atoms with Crippen LogP contribution in [0.25, 0.3) is 0 Å². The van der Waals surface area contributed by atoms with Crippen molar-refractivity contribution < 1.29 is 13.2 Å². The molecule has 1 aromatic rings. The first-order valence-electron chi connectivity index (χ1n) is 8.97. The number of hydrogen-bond acceptors (Lipinski definition) is 5. The fourth-order valence-corrected chi connectivity index (χ4v) is 5.54. The van der Waals surface area contributed by atoms with Crippen molar-refractivity contribution in [2.45, 2.75) is 32.1 Å². The molecule has 10 heteroatoms. The lowest BCUT2D eigenvalue weighted by atomic mass is 10.1. The van der Waals surface area contributed by atoms with Crippen molar-refractivity contribution in [1.29, 1.82) is 0 Å². The first kappa shape index (κ1) is 24.6. The Morgan fingerprint density at radius 2 is 2.19 bits per heavy atom. The van der Waals surface area contributed by atoms with Gasteiger partial charge in [0.05, 0.1) is 18.0 Å². The summed E-state index contributed by atoms with van der Waals surface area (Å²) in [6.07, 6.45) is 1.07. The molecule has 156 valence electrons. The minimum Gasteiger partial charge on any atom is -0.381 e. The van der Waals surface area contributed by atoms with Gasteiger partial charge < -0.3 is 15.0 Å². The first-order chi connectivity index (χ1) is 12.3. The van der Waals surface area contributed by atoms with Gasteiger partial charge in [0.1, 0.15) is 0 Å². The van der Waals surface area contributed by atoms with Crippen LogP contribution in [0, 0.1) is 19.8 Å². The Kier molecular flexibility index (Phi) is 10.5. The minimum absolute atomic E-state index is 0. The lowest BCUT2D eigenvalue weighted by molar-refractivity contribution is 0.181. The summed E-state index contributed by atoms with van der Waals surface area (Å²) in [7, 11) is -1.48. The van der Waals surface area contributed by atoms with Crippen LogP contribution in [0.4, 0.5) is 0 Å². The van der Waals surface area contributed by atoms with Crippen LogP contribution in [0.3, 0.4) is 0 Å². The second-order valence-corrected chi connectivity index (χ2v) is 9.72. The molecule has 2 N–H and O–H groups in total. The van der Waals surface area contributed by atoms with E-state index < -0.39 is 10.0 Å². The van der Waals surface area contributed by atoms with Crippen molar-refractivity contribution in [2.75, 3.05) is 46.4 Å². The van der Waals surface area contributed by atoms with Crippen molar-refractivity contribution in [3.8, 4) is 0 Å². The average molecular weight is 530 g/mol. The highest BCUT2D eigenvalue weighted by Gasteiger charge is 2.20. The number of aliphatic imine (C=N–C) groups is 1. The van der Waals surface area contributed by atoms with Crippen molar-refractivity contribution >= 4 is 51.3 Å². The third-order valence-corrected chi connectivity index (χ3v) is 6.89. The third-order valence-electron chi connectivity index (χ3n) is 4.20. The van der Waals surface area contributed by atoms with E-state index >= 15 is 0 Å². The van der Waals surface area contributed by atoms with E-state index in [4.69, 9.17) is 4.74 Å². The predicted octanol–water partition coefficient (Wildman–Crippen LogP) is 2.20. The zero-order chi connectivity index (χ0) is 19.2. The van der Waals surface area contributed by atoms with Crippen molar-refractivity contribution in [3.63, 3.8) is 0 Å². The molecule has 1 aliphatic rings. The molecule has 0 saturated carbocycles. The number of aryl methyl sites for hydroxylation is 2. The molecule has 0 amide bonds. The second kappa shape index (κ2) is 11.5. The van der Waals surface area contributed by atoms with Crippen LogP contribution >= 0.6 is 35.3 Å². The zero-order valence-corrected chi connectivity index (χ0v) is 20.4. The van der Waals surface area contributed by atoms with Gasteiger partial charge in [-0.2, -0.15) is 0 Å². The van der Waals surface area contributed by atoms with E-state index in [0.29, 0.717) is 17.4 Å². The summed E-state index contributed by atoms with van der Waals surface area (Å²) in [6.45, 7) is 9.69. The molecule has 1 aromatic heterocycles. The van der Waals surface area contributed by atoms with Gasteiger partial charge in [0, 0.05) is 49.0 Å². The van der Waals surface area contributed by atoms with Crippen LogP contribution in [0.15, 0.2) is 16.0 Å². The third kappa shape index (κ3) is 7.48. The molecule has 0 bridgehead atoms. The number of rotatable bonds is 8. The van der Waals surface area contributed by atoms with E-state index in [1.54, 1.807) is 6.07 Å². The smallest absolute Gasteiger partial charge is 0.241 e. The number of ether oxygens (including phenoxy) is 1. The largest absolute Gasteiger partial charge is 0.381 e. The lowest BCUT2D eigenvalue weighted by Crippen LogP contribution is -2.42. The van der Waals surface area contributed by atoms with Crippen LogP contribution in [0.1, 0.15) is 23.1 Å². The summed E-state index contributed by atoms with van der Waals surface area (Å²) < 4.78 is 32.9. The molecular formula is C17H31IN4O3S2. The molecule has 0 aromatic carbocycles. The van der Waals surface area contributed by atoms with Gasteiger partial charge in [-0.1, -0.05) is 0 Å². The molecule has 0 aliphatic carbocycles. The molecule has 2 heterocycles. The first-order valence-corrected chi connectivity index (χ1v) is 11.3. The molecule has 1 atom stereocenters. The molecule has 0 radical (unpaired) electrons. The molecule has 27 heavy (non-hydrogen) atoms. The lowest BCUT2D eigenvalue weighted by Gasteiger charge is -2.24. The minimum atomic E-state index is -3.48. The van der Waals surface area contributed by atoms with Crippen LogP contribution < -0.4 is 10.0 Å². The molecule has 1 fully saturated rings. The summed E-state index contributed by atoms with van der Waals surface area (Å²) in [5.41, 5.74) is 0. The van der Waals surface area contributed by atoms with Crippen molar-refractivity contribution in [2.24, 2.45) is 10.9 Å². The maximum Gasteiger partial charge on any atom is 0.241 e. The predicted molar refractivity (Wildman–Crippen MR) is 122 cm³/mol. The Morgan fingerprint density at radius 1 is 1.44 bits per heavy atom. The van der Waals surface area contributed by atoms with Gasteiger partial charge in [-0.25, -0.2) is 13.1 Å². The maximum atomic E-state index is 12.4. The SMILES string of the molecule is CCNC(=NCCNS(=O)(=O)c1cc(C)sc1C)N(C)CC1CCOC1.I. The van der Waals surface area contributed by atoms with E-state index in [2.05, 4.69) is 19.9 Å². The van der Waals surface area contributed by atoms with Crippen LogP contribution in [-0.4, -0.2) is 65.7 Å². The van der Waals surface area contributed by atoms with E-state index in [-0.39, 0.29) is 30.5 Å². The number of halogens is 1. The maximum absolute atomic E-state index is 12.4. The summed E-state index contributed by atoms with van der Waals surface area (Å²) in [4.78, 5) is 8.81. The van der Waals surface area contributed by atoms with Gasteiger partial charge in [-0.3, -0.25) is 4.99 Å². The summed E-state index contributed by atoms with van der Waals surface area (Å²) in [5, 5.41) is 3.26. The quantitative estimate of drug-likeness (QED) is 0.233. The summed E-state index contributed by atoms with van der Waals surface area (Å²) >= 11 is 1.49. The van der Waals surface area contributed by atoms with Gasteiger partial charge in [0.2, 0.25) is 10.0 Å². The summed E-state index contributed by atoms with van der Waals surface area (Å²) in [5.74, 6) is 1.31. The standard InChI is InChI=1S/C17H30N4O3S2.HI/c1-5-18-17(21(4)11-15-6-9-24-12-15)19-7-8-20-26(22,23)16-10-13(2)25-14(16)3;/h10,15,20H,5-9,11-12H2,1-4H3,(H,18,19);1H. The molecule has 1 unspecified atom stereocenters. The Balaban J connectivity index is 0.00000364. The van der Waals surface area contributed by atoms with Crippen LogP contribution in [0.2, 0.25) is 0 Å². The van der Waals surface area contributed by atoms with E-state index in [1.807, 2.05) is 27.8 Å². The number of hydrogen-bond donors (Lipinski definition) is 2. The van der Waals surface area contributed by atoms with Crippen LogP contribution in [0.5, 0.6) is 0 Å². The molecule has 2 rings (SSSR count). The monoisotopic (exact) mass is 530 g/mol. The number of guanidine groups is 1. The topological polar surface area (TPSA) is 83.0 Å². The fraction of sp³-hybridized carbons (Fsp3) is 0.706. The highest BCUT2D eigenvalue weighted by atomic mass is 127. The Bertz CT molecular complexity index is 716. The van der Waals surface area contributed by atoms with Crippen LogP contribution in [-0.2, 0) is 14.8 Å². The molecular weight excluding hydrogens is 499 g/mol. The highest BCUT2D eigenvalue weighted by Crippen LogP contribution is 2.24. The van der Waals surface area contributed by atoms with E-state index in [0.717, 1.165) is 48.4 Å².